The van der Waals surface area contributed by atoms with Crippen LogP contribution in [0, 0.1) is 11.8 Å². The van der Waals surface area contributed by atoms with E-state index in [1.807, 2.05) is 36.4 Å². The van der Waals surface area contributed by atoms with E-state index in [1.165, 1.54) is 5.56 Å². The van der Waals surface area contributed by atoms with Crippen molar-refractivity contribution in [1.29, 1.82) is 0 Å². The Bertz CT molecular complexity index is 799. The number of carboxylic acid groups (broad SMARTS) is 1. The highest BCUT2D eigenvalue weighted by Gasteiger charge is 2.41. The van der Waals surface area contributed by atoms with Gasteiger partial charge >= 0.3 is 5.97 Å². The molecule has 0 spiro atoms. The highest BCUT2D eigenvalue weighted by atomic mass is 16.4. The second kappa shape index (κ2) is 7.55. The van der Waals surface area contributed by atoms with E-state index >= 15 is 0 Å². The molecule has 0 aromatic heterocycles. The predicted octanol–water partition coefficient (Wildman–Crippen LogP) is 3.90. The smallest absolute Gasteiger partial charge is 0.308 e. The highest BCUT2D eigenvalue weighted by molar-refractivity contribution is 5.80. The molecule has 1 saturated heterocycles. The van der Waals surface area contributed by atoms with Gasteiger partial charge in [0.25, 0.3) is 0 Å². The standard InChI is InChI=1S/C23H25NO3/c25-22(13-16-11-19(12-16)17-7-3-1-4-8-17)24-14-20(21(15-24)23(26)27)18-9-5-2-6-10-18/h1-10,16,19-21H,11-15H2,(H,26,27)/t16?,19?,20-,21-/m1/s1. The summed E-state index contributed by atoms with van der Waals surface area (Å²) < 4.78 is 0. The summed E-state index contributed by atoms with van der Waals surface area (Å²) in [5.41, 5.74) is 2.37. The maximum Gasteiger partial charge on any atom is 0.308 e. The zero-order chi connectivity index (χ0) is 18.8. The molecule has 0 radical (unpaired) electrons. The van der Waals surface area contributed by atoms with Crippen LogP contribution in [0.5, 0.6) is 0 Å². The highest BCUT2D eigenvalue weighted by Crippen LogP contribution is 2.44. The quantitative estimate of drug-likeness (QED) is 0.877. The van der Waals surface area contributed by atoms with E-state index in [9.17, 15) is 14.7 Å². The lowest BCUT2D eigenvalue weighted by atomic mass is 9.70. The monoisotopic (exact) mass is 363 g/mol. The lowest BCUT2D eigenvalue weighted by Gasteiger charge is -2.36. The van der Waals surface area contributed by atoms with Crippen molar-refractivity contribution in [2.45, 2.75) is 31.1 Å². The summed E-state index contributed by atoms with van der Waals surface area (Å²) in [6, 6.07) is 20.2. The van der Waals surface area contributed by atoms with Crippen molar-refractivity contribution in [3.63, 3.8) is 0 Å². The van der Waals surface area contributed by atoms with Crippen LogP contribution in [-0.4, -0.2) is 35.0 Å². The molecular weight excluding hydrogens is 338 g/mol. The van der Waals surface area contributed by atoms with Crippen LogP contribution in [0.1, 0.15) is 42.2 Å². The Labute approximate surface area is 159 Å². The van der Waals surface area contributed by atoms with Gasteiger partial charge in [0.15, 0.2) is 0 Å². The van der Waals surface area contributed by atoms with E-state index in [2.05, 4.69) is 24.3 Å². The van der Waals surface area contributed by atoms with Gasteiger partial charge in [0.2, 0.25) is 5.91 Å². The van der Waals surface area contributed by atoms with Crippen LogP contribution in [-0.2, 0) is 9.59 Å². The molecule has 140 valence electrons. The van der Waals surface area contributed by atoms with Gasteiger partial charge in [0, 0.05) is 25.4 Å². The van der Waals surface area contributed by atoms with E-state index in [4.69, 9.17) is 0 Å². The molecule has 4 nitrogen and oxygen atoms in total. The number of nitrogens with zero attached hydrogens (tertiary/aromatic N) is 1. The van der Waals surface area contributed by atoms with Crippen molar-refractivity contribution >= 4 is 11.9 Å². The van der Waals surface area contributed by atoms with Gasteiger partial charge in [-0.15, -0.1) is 0 Å². The van der Waals surface area contributed by atoms with Gasteiger partial charge in [-0.3, -0.25) is 9.59 Å². The lowest BCUT2D eigenvalue weighted by molar-refractivity contribution is -0.142. The number of hydrogen-bond acceptors (Lipinski definition) is 2. The SMILES string of the molecule is O=C(O)[C@@H]1CN(C(=O)CC2CC(c3ccccc3)C2)C[C@@H]1c1ccccc1. The Kier molecular flexibility index (Phi) is 4.97. The first-order chi connectivity index (χ1) is 13.1. The van der Waals surface area contributed by atoms with Crippen LogP contribution in [0.2, 0.25) is 0 Å². The molecule has 2 fully saturated rings. The number of amides is 1. The number of aliphatic carboxylic acids is 1. The van der Waals surface area contributed by atoms with Gasteiger partial charge in [-0.1, -0.05) is 60.7 Å². The van der Waals surface area contributed by atoms with Gasteiger partial charge in [0.05, 0.1) is 5.92 Å². The molecule has 2 aromatic rings. The van der Waals surface area contributed by atoms with E-state index in [1.54, 1.807) is 4.90 Å². The molecule has 0 unspecified atom stereocenters. The molecule has 2 atom stereocenters. The summed E-state index contributed by atoms with van der Waals surface area (Å²) in [6.07, 6.45) is 2.64. The lowest BCUT2D eigenvalue weighted by Crippen LogP contribution is -2.34. The zero-order valence-corrected chi connectivity index (χ0v) is 15.3. The fourth-order valence-corrected chi connectivity index (χ4v) is 4.57. The van der Waals surface area contributed by atoms with Gasteiger partial charge < -0.3 is 10.0 Å². The number of hydrogen-bond donors (Lipinski definition) is 1. The molecule has 1 amide bonds. The second-order valence-electron chi connectivity index (χ2n) is 7.91. The number of carboxylic acids is 1. The normalized spacial score (nSPS) is 27.2. The number of likely N-dealkylation sites (tertiary alicyclic amines) is 1. The van der Waals surface area contributed by atoms with Crippen molar-refractivity contribution in [3.8, 4) is 0 Å². The summed E-state index contributed by atoms with van der Waals surface area (Å²) in [6.45, 7) is 0.831. The van der Waals surface area contributed by atoms with Gasteiger partial charge in [-0.25, -0.2) is 0 Å². The maximum absolute atomic E-state index is 12.8. The van der Waals surface area contributed by atoms with Crippen LogP contribution < -0.4 is 0 Å². The molecular formula is C23H25NO3. The van der Waals surface area contributed by atoms with Crippen molar-refractivity contribution < 1.29 is 14.7 Å². The zero-order valence-electron chi connectivity index (χ0n) is 15.3. The number of benzene rings is 2. The molecule has 1 aliphatic carbocycles. The summed E-state index contributed by atoms with van der Waals surface area (Å²) in [7, 11) is 0. The van der Waals surface area contributed by atoms with Gasteiger partial charge in [0.1, 0.15) is 0 Å². The Balaban J connectivity index is 1.35. The number of carbonyl (C=O) groups excluding carboxylic acids is 1. The minimum Gasteiger partial charge on any atom is -0.481 e. The van der Waals surface area contributed by atoms with Crippen LogP contribution >= 0.6 is 0 Å². The molecule has 1 saturated carbocycles. The van der Waals surface area contributed by atoms with E-state index < -0.39 is 11.9 Å². The molecule has 2 aromatic carbocycles. The largest absolute Gasteiger partial charge is 0.481 e. The number of carbonyl (C=O) groups is 2. The summed E-state index contributed by atoms with van der Waals surface area (Å²) in [5, 5.41) is 9.61. The Hall–Kier alpha value is -2.62. The first-order valence-corrected chi connectivity index (χ1v) is 9.72. The Morgan fingerprint density at radius 3 is 2.07 bits per heavy atom. The van der Waals surface area contributed by atoms with Crippen molar-refractivity contribution in [3.05, 3.63) is 71.8 Å². The average Bonchev–Trinajstić information content (AvgIpc) is 3.11. The van der Waals surface area contributed by atoms with Crippen molar-refractivity contribution in [1.82, 2.24) is 4.90 Å². The molecule has 1 heterocycles. The average molecular weight is 363 g/mol. The third-order valence-corrected chi connectivity index (χ3v) is 6.19. The number of rotatable bonds is 5. The maximum atomic E-state index is 12.8. The van der Waals surface area contributed by atoms with E-state index in [-0.39, 0.29) is 11.8 Å². The minimum atomic E-state index is -0.813. The molecule has 1 N–H and O–H groups in total. The van der Waals surface area contributed by atoms with E-state index in [0.717, 1.165) is 18.4 Å². The predicted molar refractivity (Wildman–Crippen MR) is 103 cm³/mol. The topological polar surface area (TPSA) is 57.6 Å². The first-order valence-electron chi connectivity index (χ1n) is 9.72. The third-order valence-electron chi connectivity index (χ3n) is 6.19. The molecule has 1 aliphatic heterocycles. The second-order valence-corrected chi connectivity index (χ2v) is 7.91. The van der Waals surface area contributed by atoms with E-state index in [0.29, 0.717) is 31.3 Å². The fourth-order valence-electron chi connectivity index (χ4n) is 4.57. The molecule has 4 heteroatoms. The molecule has 4 rings (SSSR count). The van der Waals surface area contributed by atoms with Crippen LogP contribution in [0.15, 0.2) is 60.7 Å². The van der Waals surface area contributed by atoms with Crippen molar-refractivity contribution in [2.24, 2.45) is 11.8 Å². The fraction of sp³-hybridized carbons (Fsp3) is 0.391. The third kappa shape index (κ3) is 3.75. The first kappa shape index (κ1) is 17.8. The Morgan fingerprint density at radius 1 is 0.889 bits per heavy atom. The minimum absolute atomic E-state index is 0.108. The van der Waals surface area contributed by atoms with Gasteiger partial charge in [-0.05, 0) is 35.8 Å². The van der Waals surface area contributed by atoms with Crippen molar-refractivity contribution in [2.75, 3.05) is 13.1 Å². The van der Waals surface area contributed by atoms with Crippen LogP contribution in [0.3, 0.4) is 0 Å². The molecule has 0 bridgehead atoms. The summed E-state index contributed by atoms with van der Waals surface area (Å²) in [4.78, 5) is 26.2. The van der Waals surface area contributed by atoms with Crippen LogP contribution in [0.25, 0.3) is 0 Å². The summed E-state index contributed by atoms with van der Waals surface area (Å²) in [5.74, 6) is -0.364. The molecule has 27 heavy (non-hydrogen) atoms. The Morgan fingerprint density at radius 2 is 1.48 bits per heavy atom. The molecule has 2 aliphatic rings. The van der Waals surface area contributed by atoms with Gasteiger partial charge in [-0.2, -0.15) is 0 Å². The van der Waals surface area contributed by atoms with Crippen LogP contribution in [0.4, 0.5) is 0 Å². The summed E-state index contributed by atoms with van der Waals surface area (Å²) >= 11 is 0.